The van der Waals surface area contributed by atoms with E-state index >= 15 is 0 Å². The van der Waals surface area contributed by atoms with Gasteiger partial charge >= 0.3 is 0 Å². The van der Waals surface area contributed by atoms with E-state index in [1.165, 1.54) is 28.7 Å². The number of carbonyl (C=O) groups excluding carboxylic acids is 1. The third-order valence-electron chi connectivity index (χ3n) is 5.18. The minimum atomic E-state index is -0.0947. The second kappa shape index (κ2) is 10.1. The molecule has 0 bridgehead atoms. The van der Waals surface area contributed by atoms with Crippen LogP contribution < -0.4 is 10.9 Å². The summed E-state index contributed by atoms with van der Waals surface area (Å²) in [4.78, 5) is 30.4. The molecule has 0 fully saturated rings. The molecule has 2 aromatic carbocycles. The molecule has 0 radical (unpaired) electrons. The number of aryl methyl sites for hydroxylation is 3. The molecule has 2 aromatic heterocycles. The van der Waals surface area contributed by atoms with Crippen molar-refractivity contribution in [1.82, 2.24) is 14.9 Å². The van der Waals surface area contributed by atoms with Gasteiger partial charge in [0.15, 0.2) is 5.16 Å². The van der Waals surface area contributed by atoms with E-state index in [1.54, 1.807) is 4.57 Å². The number of hydrogen-bond acceptors (Lipinski definition) is 5. The molecule has 0 aliphatic heterocycles. The fraction of sp³-hybridized carbons (Fsp3) is 0.240. The predicted molar refractivity (Wildman–Crippen MR) is 133 cm³/mol. The Morgan fingerprint density at radius 2 is 1.94 bits per heavy atom. The highest BCUT2D eigenvalue weighted by atomic mass is 32.2. The minimum Gasteiger partial charge on any atom is -0.355 e. The highest BCUT2D eigenvalue weighted by Gasteiger charge is 2.17. The molecule has 2 heterocycles. The van der Waals surface area contributed by atoms with E-state index in [0.29, 0.717) is 21.9 Å². The summed E-state index contributed by atoms with van der Waals surface area (Å²) >= 11 is 2.69. The lowest BCUT2D eigenvalue weighted by molar-refractivity contribution is -0.118. The maximum absolute atomic E-state index is 13.3. The van der Waals surface area contributed by atoms with Crippen molar-refractivity contribution in [3.8, 4) is 5.69 Å². The molecule has 4 rings (SSSR count). The molecule has 1 N–H and O–H groups in total. The molecule has 164 valence electrons. The molecule has 4 aromatic rings. The Bertz CT molecular complexity index is 1300. The molecule has 0 aliphatic carbocycles. The van der Waals surface area contributed by atoms with Crippen molar-refractivity contribution >= 4 is 39.2 Å². The summed E-state index contributed by atoms with van der Waals surface area (Å²) in [6.07, 6.45) is 1.81. The van der Waals surface area contributed by atoms with Crippen LogP contribution >= 0.6 is 23.1 Å². The largest absolute Gasteiger partial charge is 0.355 e. The first-order chi connectivity index (χ1) is 15.5. The average molecular weight is 464 g/mol. The average Bonchev–Trinajstić information content (AvgIpc) is 3.26. The number of fused-ring (bicyclic) bond motifs is 1. The number of benzene rings is 2. The van der Waals surface area contributed by atoms with Crippen molar-refractivity contribution in [3.05, 3.63) is 87.0 Å². The fourth-order valence-electron chi connectivity index (χ4n) is 3.60. The van der Waals surface area contributed by atoms with Crippen molar-refractivity contribution in [2.45, 2.75) is 31.8 Å². The van der Waals surface area contributed by atoms with Crippen LogP contribution in [0.3, 0.4) is 0 Å². The van der Waals surface area contributed by atoms with Crippen LogP contribution in [0.25, 0.3) is 15.9 Å². The lowest BCUT2D eigenvalue weighted by Gasteiger charge is -2.14. The molecule has 0 atom stereocenters. The summed E-state index contributed by atoms with van der Waals surface area (Å²) in [6, 6.07) is 18.1. The highest BCUT2D eigenvalue weighted by molar-refractivity contribution is 7.99. The minimum absolute atomic E-state index is 0.0603. The summed E-state index contributed by atoms with van der Waals surface area (Å²) in [5, 5.41) is 5.38. The zero-order valence-corrected chi connectivity index (χ0v) is 19.8. The quantitative estimate of drug-likeness (QED) is 0.229. The number of nitrogens with zero attached hydrogens (tertiary/aromatic N) is 2. The Morgan fingerprint density at radius 1 is 1.12 bits per heavy atom. The topological polar surface area (TPSA) is 64.0 Å². The lowest BCUT2D eigenvalue weighted by atomic mass is 10.1. The number of thioether (sulfide) groups is 1. The first kappa shape index (κ1) is 22.3. The fourth-order valence-corrected chi connectivity index (χ4v) is 5.20. The van der Waals surface area contributed by atoms with E-state index in [4.69, 9.17) is 4.98 Å². The van der Waals surface area contributed by atoms with Crippen LogP contribution in [0.5, 0.6) is 0 Å². The number of hydrogen-bond donors (Lipinski definition) is 1. The van der Waals surface area contributed by atoms with Gasteiger partial charge in [-0.15, -0.1) is 11.3 Å². The van der Waals surface area contributed by atoms with E-state index in [1.807, 2.05) is 61.7 Å². The van der Waals surface area contributed by atoms with Crippen LogP contribution in [0.1, 0.15) is 23.1 Å². The summed E-state index contributed by atoms with van der Waals surface area (Å²) in [5.74, 6) is 0.146. The summed E-state index contributed by atoms with van der Waals surface area (Å²) in [5.41, 5.74) is 4.77. The first-order valence-electron chi connectivity index (χ1n) is 10.5. The Morgan fingerprint density at radius 3 is 2.72 bits per heavy atom. The standard InChI is InChI=1S/C25H25N3O2S2/c1-17-10-11-21(18(2)15-17)28-24(30)23-20(12-14-31-23)27-25(28)32-16-22(29)26-13-6-9-19-7-4-3-5-8-19/h3-5,7-8,10-12,14-15H,6,9,13,16H2,1-2H3,(H,26,29). The number of thiophene rings is 1. The summed E-state index contributed by atoms with van der Waals surface area (Å²) < 4.78 is 2.26. The monoisotopic (exact) mass is 463 g/mol. The SMILES string of the molecule is Cc1ccc(-n2c(SCC(=O)NCCCc3ccccc3)nc3ccsc3c2=O)c(C)c1. The molecular formula is C25H25N3O2S2. The summed E-state index contributed by atoms with van der Waals surface area (Å²) in [7, 11) is 0. The van der Waals surface area contributed by atoms with Gasteiger partial charge in [-0.05, 0) is 55.3 Å². The molecule has 7 heteroatoms. The third kappa shape index (κ3) is 5.11. The van der Waals surface area contributed by atoms with Crippen molar-refractivity contribution in [2.24, 2.45) is 0 Å². The maximum atomic E-state index is 13.3. The third-order valence-corrected chi connectivity index (χ3v) is 7.01. The van der Waals surface area contributed by atoms with E-state index in [2.05, 4.69) is 17.4 Å². The van der Waals surface area contributed by atoms with Gasteiger partial charge < -0.3 is 5.32 Å². The van der Waals surface area contributed by atoms with E-state index in [9.17, 15) is 9.59 Å². The van der Waals surface area contributed by atoms with Gasteiger partial charge in [0, 0.05) is 6.54 Å². The van der Waals surface area contributed by atoms with Crippen molar-refractivity contribution in [1.29, 1.82) is 0 Å². The molecule has 0 unspecified atom stereocenters. The highest BCUT2D eigenvalue weighted by Crippen LogP contribution is 2.25. The van der Waals surface area contributed by atoms with Gasteiger partial charge in [0.1, 0.15) is 4.70 Å². The van der Waals surface area contributed by atoms with Gasteiger partial charge in [0.25, 0.3) is 5.56 Å². The van der Waals surface area contributed by atoms with Gasteiger partial charge in [-0.3, -0.25) is 14.2 Å². The molecular weight excluding hydrogens is 438 g/mol. The number of carbonyl (C=O) groups is 1. The van der Waals surface area contributed by atoms with Crippen LogP contribution in [-0.4, -0.2) is 27.8 Å². The van der Waals surface area contributed by atoms with Gasteiger partial charge in [-0.25, -0.2) is 4.98 Å². The number of amides is 1. The first-order valence-corrected chi connectivity index (χ1v) is 12.4. The van der Waals surface area contributed by atoms with Gasteiger partial charge in [-0.1, -0.05) is 59.8 Å². The Hall–Kier alpha value is -2.90. The maximum Gasteiger partial charge on any atom is 0.276 e. The van der Waals surface area contributed by atoms with E-state index in [0.717, 1.165) is 29.7 Å². The second-order valence-electron chi connectivity index (χ2n) is 7.69. The van der Waals surface area contributed by atoms with Crippen LogP contribution in [-0.2, 0) is 11.2 Å². The zero-order chi connectivity index (χ0) is 22.5. The van der Waals surface area contributed by atoms with Crippen LogP contribution in [0.15, 0.2) is 69.9 Å². The number of rotatable bonds is 8. The van der Waals surface area contributed by atoms with Crippen molar-refractivity contribution < 1.29 is 4.79 Å². The van der Waals surface area contributed by atoms with E-state index in [-0.39, 0.29) is 17.2 Å². The summed E-state index contributed by atoms with van der Waals surface area (Å²) in [6.45, 7) is 4.63. The smallest absolute Gasteiger partial charge is 0.276 e. The Balaban J connectivity index is 1.47. The normalized spacial score (nSPS) is 11.1. The van der Waals surface area contributed by atoms with Crippen LogP contribution in [0, 0.1) is 13.8 Å². The van der Waals surface area contributed by atoms with Gasteiger partial charge in [0.05, 0.1) is 17.0 Å². The Kier molecular flexibility index (Phi) is 7.07. The number of aromatic nitrogens is 2. The molecule has 0 saturated carbocycles. The van der Waals surface area contributed by atoms with Crippen LogP contribution in [0.4, 0.5) is 0 Å². The molecule has 1 amide bonds. The van der Waals surface area contributed by atoms with E-state index < -0.39 is 0 Å². The van der Waals surface area contributed by atoms with Gasteiger partial charge in [-0.2, -0.15) is 0 Å². The van der Waals surface area contributed by atoms with Crippen LogP contribution in [0.2, 0.25) is 0 Å². The van der Waals surface area contributed by atoms with Crippen molar-refractivity contribution in [3.63, 3.8) is 0 Å². The van der Waals surface area contributed by atoms with Crippen molar-refractivity contribution in [2.75, 3.05) is 12.3 Å². The Labute approximate surface area is 195 Å². The molecule has 0 spiro atoms. The number of nitrogens with one attached hydrogen (secondary N) is 1. The lowest BCUT2D eigenvalue weighted by Crippen LogP contribution is -2.27. The van der Waals surface area contributed by atoms with Gasteiger partial charge in [0.2, 0.25) is 5.91 Å². The molecule has 32 heavy (non-hydrogen) atoms. The molecule has 0 saturated heterocycles. The predicted octanol–water partition coefficient (Wildman–Crippen LogP) is 4.91. The zero-order valence-electron chi connectivity index (χ0n) is 18.1. The second-order valence-corrected chi connectivity index (χ2v) is 9.55. The molecule has 0 aliphatic rings. The molecule has 5 nitrogen and oxygen atoms in total.